The predicted octanol–water partition coefficient (Wildman–Crippen LogP) is 5.32. The highest BCUT2D eigenvalue weighted by Gasteiger charge is 2.49. The van der Waals surface area contributed by atoms with Gasteiger partial charge in [0.25, 0.3) is 0 Å². The van der Waals surface area contributed by atoms with Crippen molar-refractivity contribution >= 4 is 46.0 Å². The van der Waals surface area contributed by atoms with Crippen LogP contribution in [0.3, 0.4) is 0 Å². The number of hydrogen-bond donors (Lipinski definition) is 2. The van der Waals surface area contributed by atoms with Gasteiger partial charge in [0, 0.05) is 117 Å². The highest BCUT2D eigenvalue weighted by Crippen LogP contribution is 2.43. The van der Waals surface area contributed by atoms with Crippen molar-refractivity contribution in [3.63, 3.8) is 0 Å². The van der Waals surface area contributed by atoms with Gasteiger partial charge in [0.1, 0.15) is 11.3 Å². The second-order valence-electron chi connectivity index (χ2n) is 15.1. The largest absolute Gasteiger partial charge is 0.480 e. The summed E-state index contributed by atoms with van der Waals surface area (Å²) in [6.07, 6.45) is 5.09. The number of nitrogens with zero attached hydrogens (tertiary/aromatic N) is 6. The maximum atomic E-state index is 11.8. The molecule has 5 aromatic rings. The van der Waals surface area contributed by atoms with Crippen LogP contribution in [-0.4, -0.2) is 87.5 Å². The number of pyridine rings is 1. The van der Waals surface area contributed by atoms with Gasteiger partial charge >= 0.3 is 0 Å². The van der Waals surface area contributed by atoms with Gasteiger partial charge in [-0.3, -0.25) is 24.4 Å². The van der Waals surface area contributed by atoms with Gasteiger partial charge in [-0.2, -0.15) is 0 Å². The molecular weight excluding hydrogens is 699 g/mol. The topological polar surface area (TPSA) is 118 Å². The normalized spacial score (nSPS) is 19.2. The number of ether oxygens (including phenoxy) is 1. The van der Waals surface area contributed by atoms with Gasteiger partial charge in [-0.1, -0.05) is 59.6 Å². The number of likely N-dealkylation sites (tertiary alicyclic amines) is 2. The van der Waals surface area contributed by atoms with Crippen LogP contribution in [0.1, 0.15) is 24.1 Å². The fourth-order valence-electron chi connectivity index (χ4n) is 8.71. The van der Waals surface area contributed by atoms with E-state index in [1.54, 1.807) is 13.3 Å². The number of carbonyl (C=O) groups is 2. The average molecular weight is 738 g/mol. The summed E-state index contributed by atoms with van der Waals surface area (Å²) in [5.41, 5.74) is 7.43. The van der Waals surface area contributed by atoms with Crippen LogP contribution in [0.15, 0.2) is 60.9 Å². The molecule has 4 fully saturated rings. The fourth-order valence-corrected chi connectivity index (χ4v) is 9.36. The summed E-state index contributed by atoms with van der Waals surface area (Å²) >= 11 is 14.3. The number of aromatic nitrogens is 4. The molecule has 0 unspecified atom stereocenters. The molecule has 11 nitrogen and oxygen atoms in total. The van der Waals surface area contributed by atoms with E-state index in [9.17, 15) is 9.59 Å². The van der Waals surface area contributed by atoms with Crippen LogP contribution >= 0.6 is 23.2 Å². The zero-order valence-electron chi connectivity index (χ0n) is 29.0. The van der Waals surface area contributed by atoms with E-state index in [0.29, 0.717) is 41.0 Å². The van der Waals surface area contributed by atoms with Crippen LogP contribution in [0.4, 0.5) is 0 Å². The number of amides is 2. The maximum absolute atomic E-state index is 11.8. The van der Waals surface area contributed by atoms with Crippen LogP contribution in [0.25, 0.3) is 44.7 Å². The molecule has 0 radical (unpaired) electrons. The quantitative estimate of drug-likeness (QED) is 0.220. The summed E-state index contributed by atoms with van der Waals surface area (Å²) in [5, 5.41) is 8.11. The Balaban J connectivity index is 0.955. The van der Waals surface area contributed by atoms with E-state index in [4.69, 9.17) is 42.9 Å². The highest BCUT2D eigenvalue weighted by atomic mass is 35.5. The molecule has 4 aliphatic heterocycles. The first-order valence-corrected chi connectivity index (χ1v) is 18.3. The van der Waals surface area contributed by atoms with Gasteiger partial charge in [-0.15, -0.1) is 0 Å². The number of benzene rings is 2. The Morgan fingerprint density at radius 1 is 0.769 bits per heavy atom. The van der Waals surface area contributed by atoms with Crippen LogP contribution in [0.2, 0.25) is 10.0 Å². The number of methoxy groups -OCH3 is 1. The first-order valence-electron chi connectivity index (χ1n) is 17.5. The Hall–Kier alpha value is -4.55. The Labute approximate surface area is 311 Å². The summed E-state index contributed by atoms with van der Waals surface area (Å²) in [5.74, 6) is 0.735. The van der Waals surface area contributed by atoms with Crippen molar-refractivity contribution in [3.05, 3.63) is 82.2 Å². The second-order valence-corrected chi connectivity index (χ2v) is 15.8. The molecular formula is C39H38Cl2N8O3. The molecule has 2 spiro atoms. The molecule has 13 heteroatoms. The van der Waals surface area contributed by atoms with E-state index >= 15 is 0 Å². The first-order chi connectivity index (χ1) is 25.1. The van der Waals surface area contributed by atoms with Crippen LogP contribution in [0, 0.1) is 10.8 Å². The minimum atomic E-state index is 0.0355. The Morgan fingerprint density at radius 2 is 1.35 bits per heavy atom. The van der Waals surface area contributed by atoms with Crippen molar-refractivity contribution in [3.8, 4) is 39.5 Å². The molecule has 266 valence electrons. The Morgan fingerprint density at radius 3 is 1.92 bits per heavy atom. The van der Waals surface area contributed by atoms with Gasteiger partial charge in [-0.05, 0) is 17.7 Å². The number of rotatable bonds is 8. The van der Waals surface area contributed by atoms with Crippen molar-refractivity contribution in [2.75, 3.05) is 46.4 Å². The van der Waals surface area contributed by atoms with Gasteiger partial charge in [0.2, 0.25) is 17.7 Å². The van der Waals surface area contributed by atoms with E-state index in [1.165, 1.54) is 5.56 Å². The zero-order chi connectivity index (χ0) is 35.8. The molecule has 4 saturated heterocycles. The molecule has 0 aliphatic carbocycles. The number of aryl methyl sites for hydroxylation is 1. The molecule has 2 aromatic carbocycles. The summed E-state index contributed by atoms with van der Waals surface area (Å²) in [4.78, 5) is 42.9. The predicted molar refractivity (Wildman–Crippen MR) is 200 cm³/mol. The number of fused-ring (bicyclic) bond motifs is 1. The number of nitrogens with one attached hydrogen (secondary N) is 2. The zero-order valence-corrected chi connectivity index (χ0v) is 30.5. The van der Waals surface area contributed by atoms with E-state index in [-0.39, 0.29) is 22.6 Å². The molecule has 9 rings (SSSR count). The number of hydrogen-bond acceptors (Lipinski definition) is 8. The lowest BCUT2D eigenvalue weighted by molar-refractivity contribution is -0.121. The monoisotopic (exact) mass is 736 g/mol. The Kier molecular flexibility index (Phi) is 8.03. The summed E-state index contributed by atoms with van der Waals surface area (Å²) < 4.78 is 7.75. The smallest absolute Gasteiger partial charge is 0.237 e. The average Bonchev–Trinajstić information content (AvgIpc) is 3.79. The van der Waals surface area contributed by atoms with Crippen molar-refractivity contribution in [2.45, 2.75) is 25.9 Å². The van der Waals surface area contributed by atoms with Gasteiger partial charge in [0.05, 0.1) is 34.7 Å². The van der Waals surface area contributed by atoms with Crippen molar-refractivity contribution < 1.29 is 14.3 Å². The van der Waals surface area contributed by atoms with Crippen molar-refractivity contribution in [1.82, 2.24) is 40.0 Å². The Bertz CT molecular complexity index is 2280. The van der Waals surface area contributed by atoms with E-state index in [2.05, 4.69) is 37.3 Å². The lowest BCUT2D eigenvalue weighted by Gasteiger charge is -2.47. The molecule has 2 N–H and O–H groups in total. The van der Waals surface area contributed by atoms with Crippen LogP contribution < -0.4 is 15.4 Å². The lowest BCUT2D eigenvalue weighted by Crippen LogP contribution is -2.56. The molecule has 52 heavy (non-hydrogen) atoms. The summed E-state index contributed by atoms with van der Waals surface area (Å²) in [6.45, 7) is 6.44. The van der Waals surface area contributed by atoms with E-state index in [1.807, 2.05) is 49.5 Å². The highest BCUT2D eigenvalue weighted by molar-refractivity contribution is 6.39. The SMILES string of the molecule is COc1nc(-c2cccc(-c3cccc(-c4ccc5c(CN6CC7(CNC(=O)C7)C6)cn(C)c5n4)c3Cl)c2Cl)cnc1CN1CC2(CNC(=O)C2)C1. The molecule has 0 saturated carbocycles. The first kappa shape index (κ1) is 33.3. The van der Waals surface area contributed by atoms with Gasteiger partial charge < -0.3 is 19.9 Å². The minimum Gasteiger partial charge on any atom is -0.480 e. The minimum absolute atomic E-state index is 0.0355. The molecule has 2 amide bonds. The van der Waals surface area contributed by atoms with Crippen LogP contribution in [0.5, 0.6) is 5.88 Å². The second kappa shape index (κ2) is 12.5. The van der Waals surface area contributed by atoms with E-state index in [0.717, 1.165) is 90.5 Å². The van der Waals surface area contributed by atoms with Crippen molar-refractivity contribution in [1.29, 1.82) is 0 Å². The van der Waals surface area contributed by atoms with Gasteiger partial charge in [-0.25, -0.2) is 9.97 Å². The van der Waals surface area contributed by atoms with Gasteiger partial charge in [0.15, 0.2) is 0 Å². The van der Waals surface area contributed by atoms with Crippen LogP contribution in [-0.2, 0) is 29.7 Å². The third kappa shape index (κ3) is 5.71. The lowest BCUT2D eigenvalue weighted by atomic mass is 9.79. The standard InChI is InChI=1S/C39H38Cl2N8O3/c1-47-14-23(15-48-19-38(20-48)11-32(50)43-17-38)24-9-10-29(45-36(24)47)27-7-3-5-25(34(27)40)26-6-4-8-28(35(26)41)30-13-42-31(37(46-30)52-2)16-49-21-39(22-49)12-33(51)44-18-39/h3-10,13-14H,11-12,15-22H2,1-2H3,(H,43,50)(H,44,51). The molecule has 0 atom stereocenters. The summed E-state index contributed by atoms with van der Waals surface area (Å²) in [7, 11) is 3.61. The third-order valence-electron chi connectivity index (χ3n) is 11.1. The molecule has 4 aliphatic rings. The molecule has 7 heterocycles. The number of halogens is 2. The third-order valence-corrected chi connectivity index (χ3v) is 12.0. The maximum Gasteiger partial charge on any atom is 0.237 e. The molecule has 3 aromatic heterocycles. The fraction of sp³-hybridized carbons (Fsp3) is 0.359. The number of carbonyl (C=O) groups excluding carboxylic acids is 2. The molecule has 0 bridgehead atoms. The summed E-state index contributed by atoms with van der Waals surface area (Å²) in [6, 6.07) is 15.9. The van der Waals surface area contributed by atoms with E-state index < -0.39 is 0 Å². The van der Waals surface area contributed by atoms with Crippen molar-refractivity contribution in [2.24, 2.45) is 17.9 Å².